The lowest BCUT2D eigenvalue weighted by molar-refractivity contribution is -0.0264. The van der Waals surface area contributed by atoms with E-state index in [-0.39, 0.29) is 0 Å². The van der Waals surface area contributed by atoms with Crippen molar-refractivity contribution in [1.82, 2.24) is 14.7 Å². The Labute approximate surface area is 149 Å². The second-order valence-electron chi connectivity index (χ2n) is 8.84. The highest BCUT2D eigenvalue weighted by molar-refractivity contribution is 4.92. The molecular formula is C20H39N3O. The molecule has 0 radical (unpaired) electrons. The standard InChI is InChI=1S/C20H39N3O/c1-16(2)21-10-8-18(9-11-21)22-12-13-23(20(14-22)15-24)19-6-4-17(3)5-7-19/h16-20,24H,4-15H2,1-3H3. The van der Waals surface area contributed by atoms with Crippen LogP contribution in [0.15, 0.2) is 0 Å². The van der Waals surface area contributed by atoms with Gasteiger partial charge in [-0.05, 0) is 71.4 Å². The minimum atomic E-state index is 0.327. The average molecular weight is 338 g/mol. The lowest BCUT2D eigenvalue weighted by atomic mass is 9.85. The maximum absolute atomic E-state index is 10.00. The molecule has 1 atom stereocenters. The maximum atomic E-state index is 10.00. The van der Waals surface area contributed by atoms with Crippen molar-refractivity contribution in [3.63, 3.8) is 0 Å². The van der Waals surface area contributed by atoms with Gasteiger partial charge in [-0.2, -0.15) is 0 Å². The number of nitrogens with zero attached hydrogens (tertiary/aromatic N) is 3. The van der Waals surface area contributed by atoms with Crippen LogP contribution >= 0.6 is 0 Å². The van der Waals surface area contributed by atoms with Gasteiger partial charge in [-0.15, -0.1) is 0 Å². The zero-order valence-electron chi connectivity index (χ0n) is 16.2. The Morgan fingerprint density at radius 2 is 1.54 bits per heavy atom. The van der Waals surface area contributed by atoms with E-state index in [0.717, 1.165) is 31.1 Å². The van der Waals surface area contributed by atoms with Crippen LogP contribution < -0.4 is 0 Å². The molecule has 0 bridgehead atoms. The first kappa shape index (κ1) is 18.6. The van der Waals surface area contributed by atoms with Crippen molar-refractivity contribution in [1.29, 1.82) is 0 Å². The average Bonchev–Trinajstić information content (AvgIpc) is 2.62. The molecule has 3 fully saturated rings. The number of piperazine rings is 1. The lowest BCUT2D eigenvalue weighted by Gasteiger charge is -2.49. The molecule has 3 aliphatic rings. The molecule has 4 heteroatoms. The third-order valence-electron chi connectivity index (χ3n) is 6.97. The highest BCUT2D eigenvalue weighted by atomic mass is 16.3. The van der Waals surface area contributed by atoms with Crippen molar-refractivity contribution in [3.05, 3.63) is 0 Å². The molecule has 0 aromatic rings. The Balaban J connectivity index is 1.51. The molecule has 0 aromatic heterocycles. The Morgan fingerprint density at radius 1 is 0.875 bits per heavy atom. The summed E-state index contributed by atoms with van der Waals surface area (Å²) in [6.07, 6.45) is 8.02. The van der Waals surface area contributed by atoms with Gasteiger partial charge >= 0.3 is 0 Å². The van der Waals surface area contributed by atoms with Crippen LogP contribution in [0.1, 0.15) is 59.3 Å². The fraction of sp³-hybridized carbons (Fsp3) is 1.00. The minimum absolute atomic E-state index is 0.327. The summed E-state index contributed by atoms with van der Waals surface area (Å²) in [6.45, 7) is 13.3. The fourth-order valence-electron chi connectivity index (χ4n) is 5.21. The van der Waals surface area contributed by atoms with Gasteiger partial charge < -0.3 is 10.0 Å². The molecular weight excluding hydrogens is 298 g/mol. The first-order chi connectivity index (χ1) is 11.6. The summed E-state index contributed by atoms with van der Waals surface area (Å²) >= 11 is 0. The van der Waals surface area contributed by atoms with Crippen molar-refractivity contribution < 1.29 is 5.11 Å². The molecule has 1 saturated carbocycles. The smallest absolute Gasteiger partial charge is 0.0599 e. The summed E-state index contributed by atoms with van der Waals surface area (Å²) in [5.74, 6) is 0.904. The molecule has 4 nitrogen and oxygen atoms in total. The Kier molecular flexibility index (Phi) is 6.58. The third kappa shape index (κ3) is 4.32. The van der Waals surface area contributed by atoms with Gasteiger partial charge in [0.2, 0.25) is 0 Å². The molecule has 2 saturated heterocycles. The molecule has 1 aliphatic carbocycles. The quantitative estimate of drug-likeness (QED) is 0.853. The van der Waals surface area contributed by atoms with Crippen LogP contribution in [0.5, 0.6) is 0 Å². The van der Waals surface area contributed by atoms with Crippen LogP contribution in [0.3, 0.4) is 0 Å². The molecule has 2 heterocycles. The number of hydrogen-bond acceptors (Lipinski definition) is 4. The van der Waals surface area contributed by atoms with Crippen molar-refractivity contribution in [3.8, 4) is 0 Å². The lowest BCUT2D eigenvalue weighted by Crippen LogP contribution is -2.61. The van der Waals surface area contributed by atoms with E-state index in [1.165, 1.54) is 58.2 Å². The normalized spacial score (nSPS) is 35.6. The molecule has 24 heavy (non-hydrogen) atoms. The van der Waals surface area contributed by atoms with Crippen LogP contribution in [0.4, 0.5) is 0 Å². The predicted octanol–water partition coefficient (Wildman–Crippen LogP) is 2.42. The summed E-state index contributed by atoms with van der Waals surface area (Å²) in [6, 6.07) is 2.51. The predicted molar refractivity (Wildman–Crippen MR) is 100 cm³/mol. The van der Waals surface area contributed by atoms with Crippen LogP contribution in [-0.4, -0.2) is 83.3 Å². The molecule has 140 valence electrons. The summed E-state index contributed by atoms with van der Waals surface area (Å²) in [7, 11) is 0. The van der Waals surface area contributed by atoms with Crippen molar-refractivity contribution >= 4 is 0 Å². The number of rotatable bonds is 4. The summed E-state index contributed by atoms with van der Waals surface area (Å²) in [4.78, 5) is 7.96. The molecule has 0 aromatic carbocycles. The minimum Gasteiger partial charge on any atom is -0.395 e. The third-order valence-corrected chi connectivity index (χ3v) is 6.97. The Bertz CT molecular complexity index is 373. The van der Waals surface area contributed by atoms with Crippen molar-refractivity contribution in [2.24, 2.45) is 5.92 Å². The van der Waals surface area contributed by atoms with Gasteiger partial charge in [0.15, 0.2) is 0 Å². The van der Waals surface area contributed by atoms with E-state index in [0.29, 0.717) is 18.7 Å². The van der Waals surface area contributed by atoms with E-state index < -0.39 is 0 Å². The molecule has 2 aliphatic heterocycles. The number of aliphatic hydroxyl groups excluding tert-OH is 1. The Hall–Kier alpha value is -0.160. The zero-order valence-corrected chi connectivity index (χ0v) is 16.2. The van der Waals surface area contributed by atoms with Crippen molar-refractivity contribution in [2.45, 2.75) is 83.5 Å². The highest BCUT2D eigenvalue weighted by Gasteiger charge is 2.36. The first-order valence-corrected chi connectivity index (χ1v) is 10.4. The van der Waals surface area contributed by atoms with Gasteiger partial charge in [0, 0.05) is 43.8 Å². The second kappa shape index (κ2) is 8.48. The van der Waals surface area contributed by atoms with Crippen LogP contribution in [0.25, 0.3) is 0 Å². The van der Waals surface area contributed by atoms with Gasteiger partial charge in [0.25, 0.3) is 0 Å². The van der Waals surface area contributed by atoms with Gasteiger partial charge in [0.05, 0.1) is 6.61 Å². The summed E-state index contributed by atoms with van der Waals surface area (Å²) in [5, 5.41) is 10.00. The number of piperidine rings is 1. The topological polar surface area (TPSA) is 30.0 Å². The van der Waals surface area contributed by atoms with Crippen LogP contribution in [0, 0.1) is 5.92 Å². The summed E-state index contributed by atoms with van der Waals surface area (Å²) in [5.41, 5.74) is 0. The molecule has 1 unspecified atom stereocenters. The molecule has 1 N–H and O–H groups in total. The van der Waals surface area contributed by atoms with Gasteiger partial charge in [-0.25, -0.2) is 0 Å². The van der Waals surface area contributed by atoms with E-state index in [4.69, 9.17) is 0 Å². The van der Waals surface area contributed by atoms with E-state index in [1.807, 2.05) is 0 Å². The van der Waals surface area contributed by atoms with Gasteiger partial charge in [-0.1, -0.05) is 6.92 Å². The second-order valence-corrected chi connectivity index (χ2v) is 8.84. The van der Waals surface area contributed by atoms with Gasteiger partial charge in [-0.3, -0.25) is 9.80 Å². The van der Waals surface area contributed by atoms with E-state index in [2.05, 4.69) is 35.5 Å². The number of likely N-dealkylation sites (tertiary alicyclic amines) is 1. The molecule has 3 rings (SSSR count). The fourth-order valence-corrected chi connectivity index (χ4v) is 5.21. The monoisotopic (exact) mass is 337 g/mol. The Morgan fingerprint density at radius 3 is 2.12 bits per heavy atom. The van der Waals surface area contributed by atoms with E-state index >= 15 is 0 Å². The highest BCUT2D eigenvalue weighted by Crippen LogP contribution is 2.30. The van der Waals surface area contributed by atoms with Crippen molar-refractivity contribution in [2.75, 3.05) is 39.3 Å². The van der Waals surface area contributed by atoms with E-state index in [9.17, 15) is 5.11 Å². The van der Waals surface area contributed by atoms with Gasteiger partial charge in [0.1, 0.15) is 0 Å². The molecule has 0 amide bonds. The number of hydrogen-bond donors (Lipinski definition) is 1. The number of aliphatic hydroxyl groups is 1. The van der Waals surface area contributed by atoms with E-state index in [1.54, 1.807) is 0 Å². The largest absolute Gasteiger partial charge is 0.395 e. The van der Waals surface area contributed by atoms with Crippen LogP contribution in [-0.2, 0) is 0 Å². The SMILES string of the molecule is CC1CCC(N2CCN(C3CCN(C(C)C)CC3)CC2CO)CC1. The molecule has 0 spiro atoms. The maximum Gasteiger partial charge on any atom is 0.0599 e. The zero-order chi connectivity index (χ0) is 17.1. The summed E-state index contributed by atoms with van der Waals surface area (Å²) < 4.78 is 0. The van der Waals surface area contributed by atoms with Crippen LogP contribution in [0.2, 0.25) is 0 Å². The first-order valence-electron chi connectivity index (χ1n) is 10.4.